The van der Waals surface area contributed by atoms with Crippen LogP contribution in [0.15, 0.2) is 53.8 Å². The van der Waals surface area contributed by atoms with Crippen LogP contribution >= 0.6 is 11.6 Å². The van der Waals surface area contributed by atoms with E-state index >= 15 is 0 Å². The second-order valence-electron chi connectivity index (χ2n) is 5.43. The lowest BCUT2D eigenvalue weighted by atomic mass is 10.2. The third-order valence-electron chi connectivity index (χ3n) is 3.51. The van der Waals surface area contributed by atoms with E-state index in [1.54, 1.807) is 12.4 Å². The largest absolute Gasteiger partial charge is 0.494 e. The molecule has 0 fully saturated rings. The van der Waals surface area contributed by atoms with Gasteiger partial charge in [-0.25, -0.2) is 0 Å². The van der Waals surface area contributed by atoms with Gasteiger partial charge in [0.05, 0.1) is 6.61 Å². The molecule has 2 aromatic rings. The number of aliphatic imine (C=N–C) groups is 1. The summed E-state index contributed by atoms with van der Waals surface area (Å²) in [4.78, 5) is 8.50. The van der Waals surface area contributed by atoms with E-state index in [2.05, 4.69) is 15.3 Å². The first-order valence-corrected chi connectivity index (χ1v) is 8.65. The zero-order chi connectivity index (χ0) is 17.7. The molecule has 1 N–H and O–H groups in total. The highest BCUT2D eigenvalue weighted by Gasteiger charge is 2.01. The molecule has 0 saturated carbocycles. The predicted octanol–water partition coefficient (Wildman–Crippen LogP) is 4.19. The van der Waals surface area contributed by atoms with E-state index in [0.717, 1.165) is 37.0 Å². The van der Waals surface area contributed by atoms with Gasteiger partial charge in [-0.1, -0.05) is 18.0 Å². The van der Waals surface area contributed by atoms with E-state index in [1.807, 2.05) is 42.6 Å². The minimum Gasteiger partial charge on any atom is -0.494 e. The van der Waals surface area contributed by atoms with Gasteiger partial charge < -0.3 is 4.74 Å². The maximum absolute atomic E-state index is 8.82. The Morgan fingerprint density at radius 2 is 1.96 bits per heavy atom. The molecule has 0 aliphatic heterocycles. The van der Waals surface area contributed by atoms with Crippen molar-refractivity contribution in [3.05, 3.63) is 59.4 Å². The highest BCUT2D eigenvalue weighted by molar-refractivity contribution is 6.30. The Morgan fingerprint density at radius 3 is 2.68 bits per heavy atom. The summed E-state index contributed by atoms with van der Waals surface area (Å²) in [6.07, 6.45) is 9.43. The van der Waals surface area contributed by atoms with Crippen LogP contribution < -0.4 is 10.1 Å². The molecule has 1 aromatic heterocycles. The lowest BCUT2D eigenvalue weighted by molar-refractivity contribution is 0.305. The van der Waals surface area contributed by atoms with E-state index in [1.165, 1.54) is 0 Å². The number of nitriles is 1. The Labute approximate surface area is 153 Å². The number of pyridine rings is 1. The third kappa shape index (κ3) is 7.23. The van der Waals surface area contributed by atoms with Gasteiger partial charge in [-0.15, -0.1) is 0 Å². The smallest absolute Gasteiger partial charge is 0.182 e. The molecule has 0 aliphatic rings. The fraction of sp³-hybridized carbons (Fsp3) is 0.316. The van der Waals surface area contributed by atoms with E-state index in [-0.39, 0.29) is 0 Å². The van der Waals surface area contributed by atoms with Gasteiger partial charge in [-0.2, -0.15) is 5.26 Å². The third-order valence-corrected chi connectivity index (χ3v) is 3.77. The predicted molar refractivity (Wildman–Crippen MR) is 99.8 cm³/mol. The number of aromatic nitrogens is 1. The van der Waals surface area contributed by atoms with Crippen molar-refractivity contribution in [3.8, 4) is 11.9 Å². The summed E-state index contributed by atoms with van der Waals surface area (Å²) < 4.78 is 5.66. The molecule has 0 bridgehead atoms. The van der Waals surface area contributed by atoms with Crippen molar-refractivity contribution in [1.82, 2.24) is 10.3 Å². The van der Waals surface area contributed by atoms with Crippen molar-refractivity contribution < 1.29 is 4.74 Å². The number of ether oxygens (including phenoxy) is 1. The van der Waals surface area contributed by atoms with Gasteiger partial charge in [-0.3, -0.25) is 15.3 Å². The summed E-state index contributed by atoms with van der Waals surface area (Å²) in [5.74, 6) is 1.42. The Balaban J connectivity index is 1.61. The molecule has 1 heterocycles. The summed E-state index contributed by atoms with van der Waals surface area (Å²) >= 11 is 5.83. The first-order chi connectivity index (χ1) is 12.3. The number of rotatable bonds is 9. The van der Waals surface area contributed by atoms with Crippen molar-refractivity contribution >= 4 is 17.4 Å². The van der Waals surface area contributed by atoms with Crippen LogP contribution in [0.25, 0.3) is 0 Å². The van der Waals surface area contributed by atoms with Gasteiger partial charge in [0, 0.05) is 29.5 Å². The van der Waals surface area contributed by atoms with Crippen LogP contribution in [0, 0.1) is 11.5 Å². The Hall–Kier alpha value is -2.58. The highest BCUT2D eigenvalue weighted by atomic mass is 35.5. The number of nitrogens with zero attached hydrogens (tertiary/aromatic N) is 3. The molecule has 2 rings (SSSR count). The number of amidine groups is 1. The average Bonchev–Trinajstić information content (AvgIpc) is 2.65. The van der Waals surface area contributed by atoms with Crippen molar-refractivity contribution in [2.75, 3.05) is 13.2 Å². The molecule has 0 amide bonds. The molecular formula is C19H21ClN4O. The van der Waals surface area contributed by atoms with Gasteiger partial charge in [0.15, 0.2) is 6.19 Å². The second-order valence-corrected chi connectivity index (χ2v) is 5.86. The molecule has 1 aromatic carbocycles. The van der Waals surface area contributed by atoms with Crippen molar-refractivity contribution in [2.24, 2.45) is 4.99 Å². The number of unbranched alkanes of at least 4 members (excludes halogenated alkanes) is 3. The van der Waals surface area contributed by atoms with Crippen LogP contribution in [-0.2, 0) is 0 Å². The topological polar surface area (TPSA) is 70.3 Å². The number of hydrogen-bond donors (Lipinski definition) is 1. The molecule has 25 heavy (non-hydrogen) atoms. The standard InChI is InChI=1S/C19H21ClN4O/c20-17-7-9-18(10-8-17)25-13-4-2-1-3-12-23-19(24-15-21)16-6-5-11-22-14-16/h5-11,14H,1-4,12-13H2,(H,23,24). The van der Waals surface area contributed by atoms with Crippen molar-refractivity contribution in [3.63, 3.8) is 0 Å². The highest BCUT2D eigenvalue weighted by Crippen LogP contribution is 2.15. The Morgan fingerprint density at radius 1 is 1.16 bits per heavy atom. The fourth-order valence-electron chi connectivity index (χ4n) is 2.24. The molecule has 0 unspecified atom stereocenters. The van der Waals surface area contributed by atoms with E-state index in [4.69, 9.17) is 21.6 Å². The Bertz CT molecular complexity index is 696. The number of halogens is 1. The summed E-state index contributed by atoms with van der Waals surface area (Å²) in [5.41, 5.74) is 0.820. The molecule has 6 heteroatoms. The van der Waals surface area contributed by atoms with Gasteiger partial charge >= 0.3 is 0 Å². The quantitative estimate of drug-likeness (QED) is 0.240. The number of hydrogen-bond acceptors (Lipinski definition) is 4. The van der Waals surface area contributed by atoms with Crippen LogP contribution in [0.2, 0.25) is 5.02 Å². The molecule has 0 aliphatic carbocycles. The SMILES string of the molecule is N#CNC(=NCCCCCCOc1ccc(Cl)cc1)c1cccnc1. The number of nitrogens with one attached hydrogen (secondary N) is 1. The molecule has 0 atom stereocenters. The number of benzene rings is 1. The zero-order valence-corrected chi connectivity index (χ0v) is 14.7. The van der Waals surface area contributed by atoms with Gasteiger partial charge in [0.25, 0.3) is 0 Å². The van der Waals surface area contributed by atoms with Crippen LogP contribution in [0.4, 0.5) is 0 Å². The minimum absolute atomic E-state index is 0.571. The molecular weight excluding hydrogens is 336 g/mol. The normalized spacial score (nSPS) is 11.0. The van der Waals surface area contributed by atoms with Crippen molar-refractivity contribution in [1.29, 1.82) is 5.26 Å². The lowest BCUT2D eigenvalue weighted by Crippen LogP contribution is -2.19. The maximum atomic E-state index is 8.82. The van der Waals surface area contributed by atoms with Crippen LogP contribution in [0.1, 0.15) is 31.2 Å². The van der Waals surface area contributed by atoms with Crippen LogP contribution in [0.3, 0.4) is 0 Å². The zero-order valence-electron chi connectivity index (χ0n) is 14.0. The van der Waals surface area contributed by atoms with Gasteiger partial charge in [-0.05, 0) is 55.7 Å². The minimum atomic E-state index is 0.571. The van der Waals surface area contributed by atoms with Crippen LogP contribution in [-0.4, -0.2) is 24.0 Å². The fourth-order valence-corrected chi connectivity index (χ4v) is 2.36. The lowest BCUT2D eigenvalue weighted by Gasteiger charge is -2.06. The molecule has 0 spiro atoms. The molecule has 0 radical (unpaired) electrons. The monoisotopic (exact) mass is 356 g/mol. The Kier molecular flexibility index (Phi) is 8.30. The molecule has 0 saturated heterocycles. The summed E-state index contributed by atoms with van der Waals surface area (Å²) in [6, 6.07) is 11.1. The molecule has 130 valence electrons. The van der Waals surface area contributed by atoms with Crippen molar-refractivity contribution in [2.45, 2.75) is 25.7 Å². The second kappa shape index (κ2) is 11.1. The summed E-state index contributed by atoms with van der Waals surface area (Å²) in [6.45, 7) is 1.37. The van der Waals surface area contributed by atoms with Gasteiger partial charge in [0.1, 0.15) is 11.6 Å². The first-order valence-electron chi connectivity index (χ1n) is 8.28. The summed E-state index contributed by atoms with van der Waals surface area (Å²) in [7, 11) is 0. The first kappa shape index (κ1) is 18.8. The molecule has 5 nitrogen and oxygen atoms in total. The maximum Gasteiger partial charge on any atom is 0.182 e. The average molecular weight is 357 g/mol. The van der Waals surface area contributed by atoms with E-state index in [0.29, 0.717) is 24.0 Å². The van der Waals surface area contributed by atoms with E-state index < -0.39 is 0 Å². The van der Waals surface area contributed by atoms with Gasteiger partial charge in [0.2, 0.25) is 0 Å². The van der Waals surface area contributed by atoms with Crippen LogP contribution in [0.5, 0.6) is 5.75 Å². The van der Waals surface area contributed by atoms with E-state index in [9.17, 15) is 0 Å². The summed E-state index contributed by atoms with van der Waals surface area (Å²) in [5, 5.41) is 12.2.